The number of nitrogens with one attached hydrogen (secondary N) is 1. The molecular formula is C13H12N4OS. The molecule has 19 heavy (non-hydrogen) atoms. The van der Waals surface area contributed by atoms with Crippen LogP contribution in [0.25, 0.3) is 11.8 Å². The van der Waals surface area contributed by atoms with Crippen molar-refractivity contribution in [2.45, 2.75) is 12.8 Å². The van der Waals surface area contributed by atoms with Crippen molar-refractivity contribution in [2.75, 3.05) is 0 Å². The van der Waals surface area contributed by atoms with Crippen molar-refractivity contribution in [3.8, 4) is 5.69 Å². The quantitative estimate of drug-likeness (QED) is 0.931. The molecule has 1 N–H and O–H groups in total. The summed E-state index contributed by atoms with van der Waals surface area (Å²) in [5, 5.41) is 6.08. The number of hydrazone groups is 1. The van der Waals surface area contributed by atoms with E-state index in [0.29, 0.717) is 12.8 Å². The standard InChI is InChI=1S/C13H12N4OS/c18-13-4-2-10(15-16-13)1-3-12-7-11(8-19-12)17-6-5-14-9-17/h1,3,5-9H,2,4H2,(H,16,18). The van der Waals surface area contributed by atoms with Gasteiger partial charge in [-0.15, -0.1) is 11.3 Å². The van der Waals surface area contributed by atoms with Gasteiger partial charge in [-0.2, -0.15) is 5.10 Å². The van der Waals surface area contributed by atoms with Gasteiger partial charge in [0.15, 0.2) is 0 Å². The van der Waals surface area contributed by atoms with Gasteiger partial charge in [0.2, 0.25) is 5.91 Å². The molecule has 0 atom stereocenters. The van der Waals surface area contributed by atoms with Crippen LogP contribution in [-0.2, 0) is 4.79 Å². The zero-order valence-corrected chi connectivity index (χ0v) is 10.9. The SMILES string of the molecule is O=C1CCC(C=Cc2cc(-n3ccnc3)cs2)=NN1. The Bertz CT molecular complexity index is 639. The monoisotopic (exact) mass is 272 g/mol. The molecule has 0 saturated heterocycles. The average molecular weight is 272 g/mol. The number of amides is 1. The van der Waals surface area contributed by atoms with E-state index in [9.17, 15) is 4.79 Å². The minimum atomic E-state index is -0.0179. The molecule has 0 saturated carbocycles. The van der Waals surface area contributed by atoms with Crippen molar-refractivity contribution in [1.29, 1.82) is 0 Å². The van der Waals surface area contributed by atoms with Crippen molar-refractivity contribution in [2.24, 2.45) is 5.10 Å². The highest BCUT2D eigenvalue weighted by Crippen LogP contribution is 2.19. The van der Waals surface area contributed by atoms with Gasteiger partial charge in [0.1, 0.15) is 0 Å². The first kappa shape index (κ1) is 11.9. The molecule has 5 nitrogen and oxygen atoms in total. The minimum Gasteiger partial charge on any atom is -0.305 e. The Labute approximate surface area is 114 Å². The summed E-state index contributed by atoms with van der Waals surface area (Å²) in [4.78, 5) is 16.1. The van der Waals surface area contributed by atoms with E-state index in [-0.39, 0.29) is 5.91 Å². The fourth-order valence-electron chi connectivity index (χ4n) is 1.76. The lowest BCUT2D eigenvalue weighted by molar-refractivity contribution is -0.121. The van der Waals surface area contributed by atoms with Crippen LogP contribution in [0.1, 0.15) is 17.7 Å². The molecule has 3 heterocycles. The highest BCUT2D eigenvalue weighted by Gasteiger charge is 2.08. The molecule has 0 aromatic carbocycles. The first-order chi connectivity index (χ1) is 9.31. The lowest BCUT2D eigenvalue weighted by Crippen LogP contribution is -2.24. The Morgan fingerprint density at radius 2 is 2.32 bits per heavy atom. The first-order valence-electron chi connectivity index (χ1n) is 5.91. The van der Waals surface area contributed by atoms with Crippen LogP contribution < -0.4 is 5.43 Å². The smallest absolute Gasteiger partial charge is 0.240 e. The van der Waals surface area contributed by atoms with E-state index in [1.165, 1.54) is 0 Å². The van der Waals surface area contributed by atoms with Gasteiger partial charge in [0.05, 0.1) is 17.7 Å². The lowest BCUT2D eigenvalue weighted by atomic mass is 10.1. The van der Waals surface area contributed by atoms with Gasteiger partial charge in [0.25, 0.3) is 0 Å². The second kappa shape index (κ2) is 5.19. The van der Waals surface area contributed by atoms with Crippen LogP contribution in [-0.4, -0.2) is 21.2 Å². The molecule has 0 spiro atoms. The number of hydrogen-bond acceptors (Lipinski definition) is 4. The molecule has 0 aliphatic carbocycles. The number of aromatic nitrogens is 2. The van der Waals surface area contributed by atoms with Crippen molar-refractivity contribution in [1.82, 2.24) is 15.0 Å². The highest BCUT2D eigenvalue weighted by molar-refractivity contribution is 7.11. The lowest BCUT2D eigenvalue weighted by Gasteiger charge is -2.07. The number of rotatable bonds is 3. The Balaban J connectivity index is 1.72. The van der Waals surface area contributed by atoms with E-state index < -0.39 is 0 Å². The van der Waals surface area contributed by atoms with Gasteiger partial charge in [-0.05, 0) is 18.2 Å². The van der Waals surface area contributed by atoms with Gasteiger partial charge in [0, 0.05) is 35.5 Å². The summed E-state index contributed by atoms with van der Waals surface area (Å²) >= 11 is 1.66. The number of carbonyl (C=O) groups is 1. The summed E-state index contributed by atoms with van der Waals surface area (Å²) in [6.45, 7) is 0. The predicted octanol–water partition coefficient (Wildman–Crippen LogP) is 2.21. The maximum atomic E-state index is 11.0. The summed E-state index contributed by atoms with van der Waals surface area (Å²) < 4.78 is 1.96. The van der Waals surface area contributed by atoms with E-state index in [0.717, 1.165) is 16.3 Å². The molecule has 2 aromatic heterocycles. The van der Waals surface area contributed by atoms with Gasteiger partial charge in [-0.25, -0.2) is 10.4 Å². The number of allylic oxidation sites excluding steroid dienone is 1. The average Bonchev–Trinajstić information content (AvgIpc) is 3.09. The number of thiophene rings is 1. The summed E-state index contributed by atoms with van der Waals surface area (Å²) in [7, 11) is 0. The molecule has 3 rings (SSSR count). The number of carbonyl (C=O) groups excluding carboxylic acids is 1. The highest BCUT2D eigenvalue weighted by atomic mass is 32.1. The van der Waals surface area contributed by atoms with E-state index in [1.807, 2.05) is 22.9 Å². The number of nitrogens with zero attached hydrogens (tertiary/aromatic N) is 3. The largest absolute Gasteiger partial charge is 0.305 e. The Morgan fingerprint density at radius 1 is 1.37 bits per heavy atom. The van der Waals surface area contributed by atoms with E-state index >= 15 is 0 Å². The molecule has 0 bridgehead atoms. The van der Waals surface area contributed by atoms with Gasteiger partial charge < -0.3 is 4.57 Å². The van der Waals surface area contributed by atoms with Crippen molar-refractivity contribution in [3.05, 3.63) is 41.1 Å². The fourth-order valence-corrected chi connectivity index (χ4v) is 2.55. The number of imidazole rings is 1. The fraction of sp³-hybridized carbons (Fsp3) is 0.154. The van der Waals surface area contributed by atoms with Crippen LogP contribution in [0.3, 0.4) is 0 Å². The van der Waals surface area contributed by atoms with Crippen LogP contribution in [0.4, 0.5) is 0 Å². The summed E-state index contributed by atoms with van der Waals surface area (Å²) in [5.41, 5.74) is 4.48. The minimum absolute atomic E-state index is 0.0179. The third-order valence-corrected chi connectivity index (χ3v) is 3.67. The number of hydrogen-bond donors (Lipinski definition) is 1. The molecule has 6 heteroatoms. The van der Waals surface area contributed by atoms with Crippen LogP contribution >= 0.6 is 11.3 Å². The molecule has 1 aliphatic heterocycles. The van der Waals surface area contributed by atoms with Crippen LogP contribution in [0.2, 0.25) is 0 Å². The molecular weight excluding hydrogens is 260 g/mol. The normalized spacial score (nSPS) is 15.6. The van der Waals surface area contributed by atoms with Gasteiger partial charge >= 0.3 is 0 Å². The summed E-state index contributed by atoms with van der Waals surface area (Å²) in [6, 6.07) is 2.09. The topological polar surface area (TPSA) is 59.3 Å². The molecule has 0 radical (unpaired) electrons. The van der Waals surface area contributed by atoms with E-state index in [4.69, 9.17) is 0 Å². The Morgan fingerprint density at radius 3 is 3.05 bits per heavy atom. The van der Waals surface area contributed by atoms with Gasteiger partial charge in [-0.3, -0.25) is 4.79 Å². The van der Waals surface area contributed by atoms with Crippen molar-refractivity contribution in [3.63, 3.8) is 0 Å². The maximum absolute atomic E-state index is 11.0. The van der Waals surface area contributed by atoms with Crippen molar-refractivity contribution >= 4 is 29.0 Å². The van der Waals surface area contributed by atoms with Crippen LogP contribution in [0.5, 0.6) is 0 Å². The summed E-state index contributed by atoms with van der Waals surface area (Å²) in [6.07, 6.45) is 10.6. The summed E-state index contributed by atoms with van der Waals surface area (Å²) in [5.74, 6) is -0.0179. The van der Waals surface area contributed by atoms with Crippen LogP contribution in [0, 0.1) is 0 Å². The molecule has 96 valence electrons. The predicted molar refractivity (Wildman–Crippen MR) is 75.3 cm³/mol. The van der Waals surface area contributed by atoms with E-state index in [1.54, 1.807) is 23.9 Å². The zero-order valence-electron chi connectivity index (χ0n) is 10.1. The second-order valence-electron chi connectivity index (χ2n) is 4.15. The molecule has 0 unspecified atom stereocenters. The Hall–Kier alpha value is -2.21. The maximum Gasteiger partial charge on any atom is 0.240 e. The first-order valence-corrected chi connectivity index (χ1v) is 6.79. The van der Waals surface area contributed by atoms with Crippen LogP contribution in [0.15, 0.2) is 41.3 Å². The van der Waals surface area contributed by atoms with E-state index in [2.05, 4.69) is 27.0 Å². The third-order valence-electron chi connectivity index (χ3n) is 2.78. The Kier molecular flexibility index (Phi) is 3.24. The molecule has 2 aromatic rings. The van der Waals surface area contributed by atoms with Gasteiger partial charge in [-0.1, -0.05) is 0 Å². The second-order valence-corrected chi connectivity index (χ2v) is 5.09. The zero-order chi connectivity index (χ0) is 13.1. The van der Waals surface area contributed by atoms with Crippen molar-refractivity contribution < 1.29 is 4.79 Å². The third kappa shape index (κ3) is 2.79. The molecule has 1 aliphatic rings. The molecule has 0 fully saturated rings. The molecule has 1 amide bonds.